The summed E-state index contributed by atoms with van der Waals surface area (Å²) in [5, 5.41) is 13.0. The number of hydrogen-bond donors (Lipinski definition) is 2. The van der Waals surface area contributed by atoms with E-state index in [1.165, 1.54) is 5.56 Å². The van der Waals surface area contributed by atoms with E-state index in [2.05, 4.69) is 15.3 Å². The largest absolute Gasteiger partial charge is 0.391 e. The highest BCUT2D eigenvalue weighted by atomic mass is 16.3. The van der Waals surface area contributed by atoms with Gasteiger partial charge in [0.1, 0.15) is 5.82 Å². The highest BCUT2D eigenvalue weighted by Crippen LogP contribution is 2.25. The van der Waals surface area contributed by atoms with E-state index < -0.39 is 0 Å². The summed E-state index contributed by atoms with van der Waals surface area (Å²) in [5.74, 6) is 1.29. The summed E-state index contributed by atoms with van der Waals surface area (Å²) in [5.41, 5.74) is 4.57. The molecule has 1 aromatic heterocycles. The number of hydrogen-bond acceptors (Lipinski definition) is 4. The molecule has 2 aromatic carbocycles. The van der Waals surface area contributed by atoms with Gasteiger partial charge >= 0.3 is 0 Å². The van der Waals surface area contributed by atoms with Crippen LogP contribution in [0.4, 0.5) is 11.5 Å². The second kappa shape index (κ2) is 6.58. The molecule has 0 bridgehead atoms. The minimum Gasteiger partial charge on any atom is -0.391 e. The molecule has 0 fully saturated rings. The molecule has 0 amide bonds. The van der Waals surface area contributed by atoms with E-state index in [0.717, 1.165) is 16.9 Å². The Morgan fingerprint density at radius 2 is 1.61 bits per heavy atom. The summed E-state index contributed by atoms with van der Waals surface area (Å²) in [4.78, 5) is 9.13. The molecule has 116 valence electrons. The van der Waals surface area contributed by atoms with Gasteiger partial charge in [-0.2, -0.15) is 0 Å². The summed E-state index contributed by atoms with van der Waals surface area (Å²) in [6.07, 6.45) is 0. The fourth-order valence-corrected chi connectivity index (χ4v) is 2.38. The molecule has 0 aliphatic rings. The van der Waals surface area contributed by atoms with Crippen molar-refractivity contribution in [2.24, 2.45) is 0 Å². The van der Waals surface area contributed by atoms with Crippen molar-refractivity contribution in [3.63, 3.8) is 0 Å². The first-order valence-corrected chi connectivity index (χ1v) is 7.55. The summed E-state index contributed by atoms with van der Waals surface area (Å²) < 4.78 is 0. The van der Waals surface area contributed by atoms with Gasteiger partial charge in [0.2, 0.25) is 0 Å². The molecule has 0 unspecified atom stereocenters. The lowest BCUT2D eigenvalue weighted by atomic mass is 10.1. The number of aryl methyl sites for hydroxylation is 2. The molecule has 4 heteroatoms. The molecule has 23 heavy (non-hydrogen) atoms. The second-order valence-corrected chi connectivity index (χ2v) is 5.47. The van der Waals surface area contributed by atoms with Crippen LogP contribution in [0.2, 0.25) is 0 Å². The van der Waals surface area contributed by atoms with E-state index in [1.54, 1.807) is 0 Å². The van der Waals surface area contributed by atoms with E-state index in [1.807, 2.05) is 68.4 Å². The second-order valence-electron chi connectivity index (χ2n) is 5.47. The van der Waals surface area contributed by atoms with Crippen LogP contribution < -0.4 is 5.32 Å². The molecule has 3 aromatic rings. The minimum absolute atomic E-state index is 0.102. The Morgan fingerprint density at radius 3 is 2.26 bits per heavy atom. The summed E-state index contributed by atoms with van der Waals surface area (Å²) >= 11 is 0. The maximum absolute atomic E-state index is 9.66. The number of aliphatic hydroxyl groups excluding tert-OH is 1. The maximum Gasteiger partial charge on any atom is 0.161 e. The molecular weight excluding hydrogens is 286 g/mol. The van der Waals surface area contributed by atoms with Crippen molar-refractivity contribution in [1.29, 1.82) is 0 Å². The number of aliphatic hydroxyl groups is 1. The quantitative estimate of drug-likeness (QED) is 0.765. The van der Waals surface area contributed by atoms with Crippen LogP contribution in [0.3, 0.4) is 0 Å². The van der Waals surface area contributed by atoms with Gasteiger partial charge in [0.05, 0.1) is 6.61 Å². The SMILES string of the molecule is Cc1ccc(Nc2nc(-c3ccccc3)nc(C)c2CO)cc1. The zero-order chi connectivity index (χ0) is 16.2. The summed E-state index contributed by atoms with van der Waals surface area (Å²) in [7, 11) is 0. The number of anilines is 2. The monoisotopic (exact) mass is 305 g/mol. The minimum atomic E-state index is -0.102. The van der Waals surface area contributed by atoms with Gasteiger partial charge in [-0.1, -0.05) is 48.0 Å². The van der Waals surface area contributed by atoms with E-state index in [0.29, 0.717) is 17.2 Å². The van der Waals surface area contributed by atoms with Gasteiger partial charge in [-0.15, -0.1) is 0 Å². The average molecular weight is 305 g/mol. The predicted molar refractivity (Wildman–Crippen MR) is 92.6 cm³/mol. The van der Waals surface area contributed by atoms with Crippen molar-refractivity contribution in [1.82, 2.24) is 9.97 Å². The number of rotatable bonds is 4. The van der Waals surface area contributed by atoms with Crippen molar-refractivity contribution in [2.75, 3.05) is 5.32 Å². The Hall–Kier alpha value is -2.72. The standard InChI is InChI=1S/C19H19N3O/c1-13-8-10-16(11-9-13)21-19-17(12-23)14(2)20-18(22-19)15-6-4-3-5-7-15/h3-11,23H,12H2,1-2H3,(H,20,21,22). The normalized spacial score (nSPS) is 10.6. The Labute approximate surface area is 135 Å². The number of aromatic nitrogens is 2. The molecule has 0 atom stereocenters. The van der Waals surface area contributed by atoms with Gasteiger partial charge in [-0.3, -0.25) is 0 Å². The zero-order valence-electron chi connectivity index (χ0n) is 13.2. The molecule has 0 aliphatic heterocycles. The van der Waals surface area contributed by atoms with Crippen LogP contribution in [0.15, 0.2) is 54.6 Å². The molecule has 0 radical (unpaired) electrons. The van der Waals surface area contributed by atoms with Crippen molar-refractivity contribution in [3.8, 4) is 11.4 Å². The van der Waals surface area contributed by atoms with Crippen LogP contribution in [-0.2, 0) is 6.61 Å². The van der Waals surface area contributed by atoms with E-state index in [9.17, 15) is 5.11 Å². The zero-order valence-corrected chi connectivity index (χ0v) is 13.2. The Kier molecular flexibility index (Phi) is 4.35. The summed E-state index contributed by atoms with van der Waals surface area (Å²) in [6, 6.07) is 17.9. The lowest BCUT2D eigenvalue weighted by molar-refractivity contribution is 0.281. The fraction of sp³-hybridized carbons (Fsp3) is 0.158. The van der Waals surface area contributed by atoms with Gasteiger partial charge in [-0.05, 0) is 26.0 Å². The van der Waals surface area contributed by atoms with Crippen LogP contribution >= 0.6 is 0 Å². The number of nitrogens with one attached hydrogen (secondary N) is 1. The van der Waals surface area contributed by atoms with Crippen LogP contribution in [0, 0.1) is 13.8 Å². The third kappa shape index (κ3) is 3.38. The Morgan fingerprint density at radius 1 is 0.913 bits per heavy atom. The Balaban J connectivity index is 2.03. The van der Waals surface area contributed by atoms with Gasteiger partial charge in [0, 0.05) is 22.5 Å². The van der Waals surface area contributed by atoms with Gasteiger partial charge in [-0.25, -0.2) is 9.97 Å². The molecular formula is C19H19N3O. The van der Waals surface area contributed by atoms with Gasteiger partial charge in [0.25, 0.3) is 0 Å². The van der Waals surface area contributed by atoms with E-state index >= 15 is 0 Å². The molecule has 3 rings (SSSR count). The molecule has 1 heterocycles. The molecule has 0 aliphatic carbocycles. The van der Waals surface area contributed by atoms with Crippen molar-refractivity contribution < 1.29 is 5.11 Å². The van der Waals surface area contributed by atoms with Crippen LogP contribution in [0.1, 0.15) is 16.8 Å². The third-order valence-corrected chi connectivity index (χ3v) is 3.72. The lowest BCUT2D eigenvalue weighted by Gasteiger charge is -2.14. The predicted octanol–water partition coefficient (Wildman–Crippen LogP) is 4.00. The van der Waals surface area contributed by atoms with Gasteiger partial charge in [0.15, 0.2) is 5.82 Å². The van der Waals surface area contributed by atoms with Crippen LogP contribution in [0.5, 0.6) is 0 Å². The molecule has 4 nitrogen and oxygen atoms in total. The number of benzene rings is 2. The first-order valence-electron chi connectivity index (χ1n) is 7.55. The lowest BCUT2D eigenvalue weighted by Crippen LogP contribution is -2.06. The maximum atomic E-state index is 9.66. The van der Waals surface area contributed by atoms with Crippen molar-refractivity contribution in [3.05, 3.63) is 71.4 Å². The third-order valence-electron chi connectivity index (χ3n) is 3.72. The molecule has 2 N–H and O–H groups in total. The first kappa shape index (κ1) is 15.2. The topological polar surface area (TPSA) is 58.0 Å². The molecule has 0 spiro atoms. The van der Waals surface area contributed by atoms with E-state index in [4.69, 9.17) is 0 Å². The highest BCUT2D eigenvalue weighted by molar-refractivity contribution is 5.64. The molecule has 0 saturated carbocycles. The van der Waals surface area contributed by atoms with Crippen LogP contribution in [0.25, 0.3) is 11.4 Å². The fourth-order valence-electron chi connectivity index (χ4n) is 2.38. The average Bonchev–Trinajstić information content (AvgIpc) is 2.57. The summed E-state index contributed by atoms with van der Waals surface area (Å²) in [6.45, 7) is 3.83. The smallest absolute Gasteiger partial charge is 0.161 e. The highest BCUT2D eigenvalue weighted by Gasteiger charge is 2.12. The molecule has 0 saturated heterocycles. The van der Waals surface area contributed by atoms with Crippen molar-refractivity contribution >= 4 is 11.5 Å². The van der Waals surface area contributed by atoms with Crippen molar-refractivity contribution in [2.45, 2.75) is 20.5 Å². The van der Waals surface area contributed by atoms with Gasteiger partial charge < -0.3 is 10.4 Å². The Bertz CT molecular complexity index is 799. The number of nitrogens with zero attached hydrogens (tertiary/aromatic N) is 2. The van der Waals surface area contributed by atoms with Crippen LogP contribution in [-0.4, -0.2) is 15.1 Å². The first-order chi connectivity index (χ1) is 11.2. The van der Waals surface area contributed by atoms with E-state index in [-0.39, 0.29) is 6.61 Å².